The van der Waals surface area contributed by atoms with Crippen molar-refractivity contribution in [2.24, 2.45) is 4.99 Å². The minimum absolute atomic E-state index is 0. The van der Waals surface area contributed by atoms with E-state index >= 15 is 0 Å². The zero-order chi connectivity index (χ0) is 17.3. The number of aliphatic imine (C=N–C) groups is 1. The van der Waals surface area contributed by atoms with Crippen molar-refractivity contribution in [2.45, 2.75) is 77.5 Å². The van der Waals surface area contributed by atoms with E-state index in [2.05, 4.69) is 48.2 Å². The fraction of sp³-hybridized carbons (Fsp3) is 0.778. The molecular formula is C18H32IN5S. The largest absolute Gasteiger partial charge is 0.352 e. The molecule has 3 rings (SSSR count). The summed E-state index contributed by atoms with van der Waals surface area (Å²) in [4.78, 5) is 13.1. The Balaban J connectivity index is 0.00000225. The second-order valence-corrected chi connectivity index (χ2v) is 8.77. The van der Waals surface area contributed by atoms with Crippen LogP contribution in [0.4, 0.5) is 0 Å². The normalized spacial score (nSPS) is 24.5. The number of nitrogens with one attached hydrogen (secondary N) is 2. The zero-order valence-corrected chi connectivity index (χ0v) is 19.1. The van der Waals surface area contributed by atoms with Crippen LogP contribution in [-0.4, -0.2) is 47.6 Å². The lowest BCUT2D eigenvalue weighted by molar-refractivity contribution is 0.256. The van der Waals surface area contributed by atoms with E-state index in [1.807, 2.05) is 7.05 Å². The van der Waals surface area contributed by atoms with E-state index in [9.17, 15) is 0 Å². The van der Waals surface area contributed by atoms with Crippen LogP contribution in [0.2, 0.25) is 0 Å². The number of nitrogens with zero attached hydrogens (tertiary/aromatic N) is 3. The van der Waals surface area contributed by atoms with E-state index in [0.29, 0.717) is 18.0 Å². The molecule has 25 heavy (non-hydrogen) atoms. The number of rotatable bonds is 5. The number of hydrogen-bond donors (Lipinski definition) is 2. The molecule has 142 valence electrons. The van der Waals surface area contributed by atoms with Gasteiger partial charge >= 0.3 is 0 Å². The molecule has 0 amide bonds. The maximum absolute atomic E-state index is 4.77. The average Bonchev–Trinajstić information content (AvgIpc) is 3.21. The first-order valence-electron chi connectivity index (χ1n) is 9.17. The number of hydrogen-bond acceptors (Lipinski definition) is 4. The Hall–Kier alpha value is -0.410. The summed E-state index contributed by atoms with van der Waals surface area (Å²) in [6, 6.07) is 2.02. The molecule has 1 saturated carbocycles. The first kappa shape index (κ1) is 20.9. The van der Waals surface area contributed by atoms with E-state index in [1.165, 1.54) is 29.8 Å². The summed E-state index contributed by atoms with van der Waals surface area (Å²) in [5.74, 6) is 1.38. The molecule has 2 unspecified atom stereocenters. The molecule has 2 fully saturated rings. The number of halogens is 1. The van der Waals surface area contributed by atoms with Gasteiger partial charge in [0.15, 0.2) is 5.96 Å². The summed E-state index contributed by atoms with van der Waals surface area (Å²) < 4.78 is 0. The fourth-order valence-corrected chi connectivity index (χ4v) is 4.73. The van der Waals surface area contributed by atoms with Gasteiger partial charge in [-0.05, 0) is 39.0 Å². The lowest BCUT2D eigenvalue weighted by Gasteiger charge is -2.20. The molecule has 2 aliphatic rings. The summed E-state index contributed by atoms with van der Waals surface area (Å²) in [7, 11) is 1.85. The number of likely N-dealkylation sites (tertiary alicyclic amines) is 1. The average molecular weight is 477 g/mol. The molecule has 7 heteroatoms. The standard InChI is InChI=1S/C18H31N5S.HI/c1-11(2)17-13(4)24-16(22-17)9-20-18(19-5)21-14-8-12(3)23(10-14)15-6-7-15;/h11-12,14-15H,6-10H2,1-5H3,(H2,19,20,21);1H. The molecule has 0 spiro atoms. The molecule has 1 saturated heterocycles. The van der Waals surface area contributed by atoms with Gasteiger partial charge in [-0.15, -0.1) is 35.3 Å². The van der Waals surface area contributed by atoms with Crippen molar-refractivity contribution in [1.29, 1.82) is 0 Å². The Labute approximate surface area is 173 Å². The van der Waals surface area contributed by atoms with Gasteiger partial charge in [0.1, 0.15) is 5.01 Å². The van der Waals surface area contributed by atoms with Gasteiger partial charge in [0.05, 0.1) is 12.2 Å². The van der Waals surface area contributed by atoms with Gasteiger partial charge < -0.3 is 10.6 Å². The highest BCUT2D eigenvalue weighted by atomic mass is 127. The Bertz CT molecular complexity index is 596. The van der Waals surface area contributed by atoms with Crippen molar-refractivity contribution in [3.63, 3.8) is 0 Å². The van der Waals surface area contributed by atoms with Crippen LogP contribution < -0.4 is 10.6 Å². The van der Waals surface area contributed by atoms with Gasteiger partial charge in [-0.1, -0.05) is 13.8 Å². The summed E-state index contributed by atoms with van der Waals surface area (Å²) in [6.07, 6.45) is 3.96. The van der Waals surface area contributed by atoms with Gasteiger partial charge in [0.2, 0.25) is 0 Å². The molecule has 0 bridgehead atoms. The number of aromatic nitrogens is 1. The molecular weight excluding hydrogens is 445 g/mol. The van der Waals surface area contributed by atoms with Crippen molar-refractivity contribution in [3.8, 4) is 0 Å². The summed E-state index contributed by atoms with van der Waals surface area (Å²) in [5.41, 5.74) is 1.23. The predicted molar refractivity (Wildman–Crippen MR) is 117 cm³/mol. The van der Waals surface area contributed by atoms with Gasteiger partial charge in [0, 0.05) is 36.6 Å². The van der Waals surface area contributed by atoms with Crippen LogP contribution in [0.5, 0.6) is 0 Å². The number of aryl methyl sites for hydroxylation is 1. The lowest BCUT2D eigenvalue weighted by atomic mass is 10.1. The third kappa shape index (κ3) is 5.29. The Morgan fingerprint density at radius 2 is 2.12 bits per heavy atom. The van der Waals surface area contributed by atoms with Crippen LogP contribution in [0, 0.1) is 6.92 Å². The van der Waals surface area contributed by atoms with Gasteiger partial charge in [-0.3, -0.25) is 9.89 Å². The first-order chi connectivity index (χ1) is 11.5. The monoisotopic (exact) mass is 477 g/mol. The van der Waals surface area contributed by atoms with Gasteiger partial charge in [-0.25, -0.2) is 4.98 Å². The van der Waals surface area contributed by atoms with Crippen LogP contribution in [-0.2, 0) is 6.54 Å². The van der Waals surface area contributed by atoms with Gasteiger partial charge in [0.25, 0.3) is 0 Å². The number of guanidine groups is 1. The second kappa shape index (κ2) is 8.99. The minimum Gasteiger partial charge on any atom is -0.352 e. The van der Waals surface area contributed by atoms with Crippen LogP contribution >= 0.6 is 35.3 Å². The summed E-state index contributed by atoms with van der Waals surface area (Å²) in [5, 5.41) is 8.17. The van der Waals surface area contributed by atoms with Crippen LogP contribution in [0.15, 0.2) is 4.99 Å². The fourth-order valence-electron chi connectivity index (χ4n) is 3.70. The molecule has 2 atom stereocenters. The molecule has 1 aromatic heterocycles. The van der Waals surface area contributed by atoms with Crippen LogP contribution in [0.25, 0.3) is 0 Å². The van der Waals surface area contributed by atoms with Crippen molar-refractivity contribution >= 4 is 41.3 Å². The summed E-state index contributed by atoms with van der Waals surface area (Å²) in [6.45, 7) is 10.8. The Kier molecular flexibility index (Phi) is 7.52. The van der Waals surface area contributed by atoms with Crippen molar-refractivity contribution < 1.29 is 0 Å². The Morgan fingerprint density at radius 3 is 2.68 bits per heavy atom. The summed E-state index contributed by atoms with van der Waals surface area (Å²) >= 11 is 1.79. The molecule has 1 aliphatic heterocycles. The SMILES string of the molecule is CN=C(NCc1nc(C(C)C)c(C)s1)NC1CC(C)N(C2CC2)C1.I. The lowest BCUT2D eigenvalue weighted by Crippen LogP contribution is -2.44. The molecule has 5 nitrogen and oxygen atoms in total. The van der Waals surface area contributed by atoms with E-state index in [0.717, 1.165) is 30.1 Å². The van der Waals surface area contributed by atoms with E-state index in [-0.39, 0.29) is 24.0 Å². The van der Waals surface area contributed by atoms with E-state index in [1.54, 1.807) is 11.3 Å². The topological polar surface area (TPSA) is 52.6 Å². The Morgan fingerprint density at radius 1 is 1.40 bits per heavy atom. The van der Waals surface area contributed by atoms with E-state index < -0.39 is 0 Å². The molecule has 0 radical (unpaired) electrons. The zero-order valence-electron chi connectivity index (χ0n) is 16.0. The smallest absolute Gasteiger partial charge is 0.191 e. The third-order valence-electron chi connectivity index (χ3n) is 5.03. The number of thiazole rings is 1. The molecule has 0 aromatic carbocycles. The second-order valence-electron chi connectivity index (χ2n) is 7.48. The highest BCUT2D eigenvalue weighted by Gasteiger charge is 2.38. The minimum atomic E-state index is 0. The van der Waals surface area contributed by atoms with Crippen molar-refractivity contribution in [1.82, 2.24) is 20.5 Å². The maximum atomic E-state index is 4.77. The molecule has 2 heterocycles. The van der Waals surface area contributed by atoms with Gasteiger partial charge in [-0.2, -0.15) is 0 Å². The highest BCUT2D eigenvalue weighted by molar-refractivity contribution is 14.0. The highest BCUT2D eigenvalue weighted by Crippen LogP contribution is 2.33. The predicted octanol–water partition coefficient (Wildman–Crippen LogP) is 3.48. The van der Waals surface area contributed by atoms with Crippen LogP contribution in [0.3, 0.4) is 0 Å². The van der Waals surface area contributed by atoms with Crippen molar-refractivity contribution in [2.75, 3.05) is 13.6 Å². The molecule has 1 aliphatic carbocycles. The molecule has 1 aromatic rings. The maximum Gasteiger partial charge on any atom is 0.191 e. The quantitative estimate of drug-likeness (QED) is 0.388. The van der Waals surface area contributed by atoms with Crippen LogP contribution in [0.1, 0.15) is 61.5 Å². The third-order valence-corrected chi connectivity index (χ3v) is 6.02. The van der Waals surface area contributed by atoms with Crippen molar-refractivity contribution in [3.05, 3.63) is 15.6 Å². The first-order valence-corrected chi connectivity index (χ1v) is 9.98. The van der Waals surface area contributed by atoms with E-state index in [4.69, 9.17) is 4.98 Å². The molecule has 2 N–H and O–H groups in total.